The Balaban J connectivity index is 0.00000121. The first-order chi connectivity index (χ1) is 5.00. The first-order valence-corrected chi connectivity index (χ1v) is 4.96. The number of rotatable bonds is 1. The maximum atomic E-state index is 10.5. The van der Waals surface area contributed by atoms with Gasteiger partial charge >= 0.3 is 18.9 Å². The van der Waals surface area contributed by atoms with E-state index in [9.17, 15) is 8.42 Å². The molecule has 1 aromatic rings. The van der Waals surface area contributed by atoms with Crippen LogP contribution in [-0.4, -0.2) is 31.8 Å². The molecule has 0 saturated heterocycles. The summed E-state index contributed by atoms with van der Waals surface area (Å²) in [5.74, 6) is 0. The average molecular weight is 245 g/mol. The van der Waals surface area contributed by atoms with E-state index in [-0.39, 0.29) is 23.8 Å². The van der Waals surface area contributed by atoms with Gasteiger partial charge in [-0.25, -0.2) is 0 Å². The van der Waals surface area contributed by atoms with Crippen molar-refractivity contribution in [2.45, 2.75) is 4.90 Å². The molecule has 0 heterocycles. The maximum absolute atomic E-state index is 10.5. The Hall–Kier alpha value is 0.207. The molecule has 0 atom stereocenters. The van der Waals surface area contributed by atoms with Gasteiger partial charge in [0.2, 0.25) is 0 Å². The molecule has 6 heteroatoms. The Bertz CT molecular complexity index is 346. The van der Waals surface area contributed by atoms with E-state index in [1.54, 1.807) is 12.1 Å². The van der Waals surface area contributed by atoms with E-state index in [4.69, 9.17) is 4.55 Å². The molecule has 0 radical (unpaired) electrons. The molecule has 0 aliphatic heterocycles. The van der Waals surface area contributed by atoms with E-state index >= 15 is 0 Å². The molecule has 0 aromatic heterocycles. The molecule has 0 unspecified atom stereocenters. The minimum atomic E-state index is -4.04. The summed E-state index contributed by atoms with van der Waals surface area (Å²) in [5, 5.41) is 0. The first-order valence-electron chi connectivity index (χ1n) is 2.73. The molecule has 1 N–H and O–H groups in total. The monoisotopic (exact) mass is 244 g/mol. The van der Waals surface area contributed by atoms with Gasteiger partial charge in [0.1, 0.15) is 0 Å². The van der Waals surface area contributed by atoms with Gasteiger partial charge in [0.05, 0.1) is 4.90 Å². The van der Waals surface area contributed by atoms with Crippen LogP contribution >= 0.6 is 15.9 Å². The predicted octanol–water partition coefficient (Wildman–Crippen LogP) is 1.05. The summed E-state index contributed by atoms with van der Waals surface area (Å²) < 4.78 is 30.3. The number of hydrogen-bond acceptors (Lipinski definition) is 2. The van der Waals surface area contributed by atoms with Crippen LogP contribution in [0.15, 0.2) is 33.6 Å². The summed E-state index contributed by atoms with van der Waals surface area (Å²) in [7, 11) is -4.04. The molecule has 0 bridgehead atoms. The van der Waals surface area contributed by atoms with Crippen LogP contribution in [0.5, 0.6) is 0 Å². The van der Waals surface area contributed by atoms with E-state index < -0.39 is 10.1 Å². The number of benzene rings is 1. The van der Waals surface area contributed by atoms with Crippen LogP contribution in [0, 0.1) is 0 Å². The summed E-state index contributed by atoms with van der Waals surface area (Å²) in [6.07, 6.45) is 0. The van der Waals surface area contributed by atoms with Gasteiger partial charge in [-0.2, -0.15) is 8.42 Å². The summed E-state index contributed by atoms with van der Waals surface area (Å²) in [4.78, 5) is -0.0966. The van der Waals surface area contributed by atoms with E-state index in [2.05, 4.69) is 15.9 Å². The van der Waals surface area contributed by atoms with Crippen LogP contribution in [0.2, 0.25) is 0 Å². The zero-order chi connectivity index (χ0) is 8.48. The van der Waals surface area contributed by atoms with Crippen molar-refractivity contribution in [3.8, 4) is 0 Å². The molecular formula is C6H6BrLiO3S. The molecule has 1 aromatic carbocycles. The first kappa shape index (κ1) is 12.2. The molecule has 62 valence electrons. The van der Waals surface area contributed by atoms with Crippen LogP contribution in [0.3, 0.4) is 0 Å². The van der Waals surface area contributed by atoms with Crippen molar-refractivity contribution in [1.29, 1.82) is 0 Å². The van der Waals surface area contributed by atoms with Gasteiger partial charge in [-0.3, -0.25) is 4.55 Å². The Morgan fingerprint density at radius 3 is 1.92 bits per heavy atom. The van der Waals surface area contributed by atoms with Crippen LogP contribution in [-0.2, 0) is 10.1 Å². The Morgan fingerprint density at radius 2 is 1.58 bits per heavy atom. The van der Waals surface area contributed by atoms with E-state index in [0.29, 0.717) is 0 Å². The summed E-state index contributed by atoms with van der Waals surface area (Å²) in [6, 6.07) is 5.73. The van der Waals surface area contributed by atoms with Gasteiger partial charge in [-0.1, -0.05) is 15.9 Å². The van der Waals surface area contributed by atoms with Crippen molar-refractivity contribution in [2.24, 2.45) is 0 Å². The third-order valence-electron chi connectivity index (χ3n) is 1.11. The van der Waals surface area contributed by atoms with E-state index in [0.717, 1.165) is 4.47 Å². The summed E-state index contributed by atoms with van der Waals surface area (Å²) in [6.45, 7) is 0. The second-order valence-electron chi connectivity index (χ2n) is 1.93. The van der Waals surface area contributed by atoms with Crippen LogP contribution < -0.4 is 0 Å². The summed E-state index contributed by atoms with van der Waals surface area (Å²) in [5.41, 5.74) is 0. The third kappa shape index (κ3) is 3.29. The van der Waals surface area contributed by atoms with Crippen molar-refractivity contribution >= 4 is 44.9 Å². The van der Waals surface area contributed by atoms with E-state index in [1.807, 2.05) is 0 Å². The Morgan fingerprint density at radius 1 is 1.17 bits per heavy atom. The molecule has 0 saturated carbocycles. The molecule has 1 rings (SSSR count). The molecule has 0 aliphatic carbocycles. The molecule has 0 fully saturated rings. The van der Waals surface area contributed by atoms with Crippen LogP contribution in [0.25, 0.3) is 0 Å². The van der Waals surface area contributed by atoms with Crippen molar-refractivity contribution < 1.29 is 13.0 Å². The van der Waals surface area contributed by atoms with Crippen molar-refractivity contribution in [3.05, 3.63) is 28.7 Å². The van der Waals surface area contributed by atoms with Gasteiger partial charge < -0.3 is 0 Å². The predicted molar refractivity (Wildman–Crippen MR) is 51.1 cm³/mol. The SMILES string of the molecule is O=S(=O)(O)c1ccc(Br)cc1.[LiH]. The number of halogens is 1. The third-order valence-corrected chi connectivity index (χ3v) is 2.51. The van der Waals surface area contributed by atoms with Gasteiger partial charge in [0.15, 0.2) is 0 Å². The molecule has 3 nitrogen and oxygen atoms in total. The molecule has 12 heavy (non-hydrogen) atoms. The van der Waals surface area contributed by atoms with E-state index in [1.165, 1.54) is 12.1 Å². The Kier molecular flexibility index (Phi) is 4.52. The fourth-order valence-corrected chi connectivity index (χ4v) is 1.35. The normalized spacial score (nSPS) is 10.5. The zero-order valence-electron chi connectivity index (χ0n) is 5.36. The van der Waals surface area contributed by atoms with Crippen LogP contribution in [0.1, 0.15) is 0 Å². The van der Waals surface area contributed by atoms with Crippen LogP contribution in [0.4, 0.5) is 0 Å². The summed E-state index contributed by atoms with van der Waals surface area (Å²) >= 11 is 3.14. The molecule has 0 amide bonds. The minimum absolute atomic E-state index is 0. The zero-order valence-corrected chi connectivity index (χ0v) is 7.76. The topological polar surface area (TPSA) is 54.4 Å². The average Bonchev–Trinajstić information content (AvgIpc) is 1.86. The Labute approximate surface area is 91.2 Å². The van der Waals surface area contributed by atoms with Gasteiger partial charge in [-0.05, 0) is 24.3 Å². The fourth-order valence-electron chi connectivity index (χ4n) is 0.607. The second-order valence-corrected chi connectivity index (χ2v) is 4.27. The van der Waals surface area contributed by atoms with Gasteiger partial charge in [0, 0.05) is 4.47 Å². The van der Waals surface area contributed by atoms with Gasteiger partial charge in [-0.15, -0.1) is 0 Å². The standard InChI is InChI=1S/C6H5BrO3S.Li.H/c7-5-1-3-6(4-2-5)11(8,9)10;;/h1-4H,(H,8,9,10);;. The second kappa shape index (κ2) is 4.45. The van der Waals surface area contributed by atoms with Crippen molar-refractivity contribution in [2.75, 3.05) is 0 Å². The quantitative estimate of drug-likeness (QED) is 0.594. The van der Waals surface area contributed by atoms with Crippen molar-refractivity contribution in [1.82, 2.24) is 0 Å². The molecule has 0 spiro atoms. The molecule has 0 aliphatic rings. The van der Waals surface area contributed by atoms with Gasteiger partial charge in [0.25, 0.3) is 10.1 Å². The fraction of sp³-hybridized carbons (Fsp3) is 0. The van der Waals surface area contributed by atoms with Crippen molar-refractivity contribution in [3.63, 3.8) is 0 Å². The number of hydrogen-bond donors (Lipinski definition) is 1. The molecular weight excluding hydrogens is 239 g/mol.